The molecule has 1 unspecified atom stereocenters. The highest BCUT2D eigenvalue weighted by atomic mass is 35.5. The van der Waals surface area contributed by atoms with E-state index in [2.05, 4.69) is 0 Å². The number of hydrogen-bond acceptors (Lipinski definition) is 3. The summed E-state index contributed by atoms with van der Waals surface area (Å²) in [6.45, 7) is 1.58. The Bertz CT molecular complexity index is 899. The number of benzene rings is 2. The lowest BCUT2D eigenvalue weighted by Gasteiger charge is -2.24. The molecule has 4 N–H and O–H groups in total. The molecule has 0 aliphatic rings. The van der Waals surface area contributed by atoms with Crippen LogP contribution in [-0.2, 0) is 17.2 Å². The van der Waals surface area contributed by atoms with Gasteiger partial charge in [0.2, 0.25) is 0 Å². The molecule has 160 valence electrons. The van der Waals surface area contributed by atoms with Crippen molar-refractivity contribution in [1.82, 2.24) is 0 Å². The highest BCUT2D eigenvalue weighted by Gasteiger charge is 2.31. The molecule has 0 heterocycles. The molecule has 2 rings (SSSR count). The molecule has 0 amide bonds. The first kappa shape index (κ1) is 23.7. The third-order valence-corrected chi connectivity index (χ3v) is 5.67. The van der Waals surface area contributed by atoms with Crippen LogP contribution < -0.4 is 10.5 Å². The maximum atomic E-state index is 12.8. The molecule has 0 aliphatic heterocycles. The molecular formula is C19H22ClF3NO4P. The lowest BCUT2D eigenvalue weighted by Crippen LogP contribution is -2.40. The van der Waals surface area contributed by atoms with Crippen LogP contribution in [0.25, 0.3) is 0 Å². The summed E-state index contributed by atoms with van der Waals surface area (Å²) in [5.74, 6) is 0.336. The van der Waals surface area contributed by atoms with E-state index in [-0.39, 0.29) is 5.75 Å². The highest BCUT2D eigenvalue weighted by molar-refractivity contribution is 7.51. The number of rotatable bonds is 8. The number of nitrogens with two attached hydrogens (primary N) is 1. The molecule has 0 aromatic heterocycles. The van der Waals surface area contributed by atoms with E-state index in [1.807, 2.05) is 0 Å². The van der Waals surface area contributed by atoms with Crippen molar-refractivity contribution in [3.63, 3.8) is 0 Å². The van der Waals surface area contributed by atoms with Crippen LogP contribution in [0, 0.1) is 0 Å². The van der Waals surface area contributed by atoms with Gasteiger partial charge in [-0.3, -0.25) is 4.57 Å². The van der Waals surface area contributed by atoms with Gasteiger partial charge in [-0.1, -0.05) is 23.7 Å². The molecule has 0 saturated carbocycles. The van der Waals surface area contributed by atoms with Gasteiger partial charge in [0.25, 0.3) is 0 Å². The second kappa shape index (κ2) is 9.06. The number of hydrogen-bond donors (Lipinski definition) is 3. The summed E-state index contributed by atoms with van der Waals surface area (Å²) in [6, 6.07) is 9.34. The molecule has 2 aromatic carbocycles. The fourth-order valence-corrected chi connectivity index (χ4v) is 4.26. The normalized spacial score (nSPS) is 14.5. The molecule has 29 heavy (non-hydrogen) atoms. The molecule has 5 nitrogen and oxygen atoms in total. The summed E-state index contributed by atoms with van der Waals surface area (Å²) >= 11 is 6.24. The standard InChI is InChI=1S/C19H22ClF3NO4P/c1-18(24,12-29(25,26)27)9-3-4-13-7-8-16(11-17(13)20)28-15-6-2-5-14(10-15)19(21,22)23/h2,5-8,10-11H,3-4,9,12,24H2,1H3,(H2,25,26,27). The van der Waals surface area contributed by atoms with Crippen molar-refractivity contribution < 1.29 is 32.3 Å². The third kappa shape index (κ3) is 7.99. The number of ether oxygens (including phenoxy) is 1. The third-order valence-electron chi connectivity index (χ3n) is 4.18. The number of halogens is 4. The molecule has 1 atom stereocenters. The highest BCUT2D eigenvalue weighted by Crippen LogP contribution is 2.39. The molecule has 2 aromatic rings. The van der Waals surface area contributed by atoms with Crippen LogP contribution in [0.2, 0.25) is 5.02 Å². The van der Waals surface area contributed by atoms with Crippen LogP contribution in [-0.4, -0.2) is 21.5 Å². The Labute approximate surface area is 171 Å². The molecule has 0 fully saturated rings. The predicted molar refractivity (Wildman–Crippen MR) is 105 cm³/mol. The van der Waals surface area contributed by atoms with E-state index in [0.29, 0.717) is 30.0 Å². The van der Waals surface area contributed by atoms with Crippen molar-refractivity contribution in [2.24, 2.45) is 5.73 Å². The maximum absolute atomic E-state index is 12.8. The van der Waals surface area contributed by atoms with Gasteiger partial charge in [0.15, 0.2) is 0 Å². The van der Waals surface area contributed by atoms with Gasteiger partial charge in [-0.05, 0) is 62.1 Å². The second-order valence-electron chi connectivity index (χ2n) is 7.21. The van der Waals surface area contributed by atoms with E-state index in [4.69, 9.17) is 31.9 Å². The summed E-state index contributed by atoms with van der Waals surface area (Å²) < 4.78 is 55.0. The van der Waals surface area contributed by atoms with Crippen molar-refractivity contribution in [2.45, 2.75) is 37.9 Å². The minimum absolute atomic E-state index is 0.0416. The molecule has 0 spiro atoms. The van der Waals surface area contributed by atoms with Gasteiger partial charge in [-0.25, -0.2) is 0 Å². The van der Waals surface area contributed by atoms with Crippen LogP contribution in [0.5, 0.6) is 11.5 Å². The van der Waals surface area contributed by atoms with Crippen molar-refractivity contribution in [3.05, 3.63) is 58.6 Å². The molecule has 0 saturated heterocycles. The summed E-state index contributed by atoms with van der Waals surface area (Å²) in [4.78, 5) is 18.1. The lowest BCUT2D eigenvalue weighted by atomic mass is 9.96. The number of alkyl halides is 3. The fraction of sp³-hybridized carbons (Fsp3) is 0.368. The average Bonchev–Trinajstić information content (AvgIpc) is 2.54. The Morgan fingerprint density at radius 1 is 1.14 bits per heavy atom. The Kier molecular flexibility index (Phi) is 7.41. The van der Waals surface area contributed by atoms with E-state index in [9.17, 15) is 17.7 Å². The van der Waals surface area contributed by atoms with E-state index in [1.54, 1.807) is 19.1 Å². The van der Waals surface area contributed by atoms with E-state index >= 15 is 0 Å². The van der Waals surface area contributed by atoms with Crippen LogP contribution in [0.3, 0.4) is 0 Å². The quantitative estimate of drug-likeness (QED) is 0.469. The van der Waals surface area contributed by atoms with E-state index < -0.39 is 31.0 Å². The largest absolute Gasteiger partial charge is 0.457 e. The van der Waals surface area contributed by atoms with Crippen LogP contribution in [0.15, 0.2) is 42.5 Å². The van der Waals surface area contributed by atoms with Gasteiger partial charge in [0.05, 0.1) is 11.7 Å². The SMILES string of the molecule is CC(N)(CCCc1ccc(Oc2cccc(C(F)(F)F)c2)cc1Cl)CP(=O)(O)O. The van der Waals surface area contributed by atoms with Gasteiger partial charge >= 0.3 is 13.8 Å². The van der Waals surface area contributed by atoms with E-state index in [0.717, 1.165) is 17.7 Å². The smallest absolute Gasteiger partial charge is 0.416 e. The zero-order valence-electron chi connectivity index (χ0n) is 15.6. The Morgan fingerprint density at radius 3 is 2.38 bits per heavy atom. The molecule has 0 aliphatic carbocycles. The molecule has 0 radical (unpaired) electrons. The molecular weight excluding hydrogens is 430 g/mol. The second-order valence-corrected chi connectivity index (χ2v) is 9.26. The fourth-order valence-electron chi connectivity index (χ4n) is 2.90. The Hall–Kier alpha value is -1.57. The Morgan fingerprint density at radius 2 is 1.79 bits per heavy atom. The summed E-state index contributed by atoms with van der Waals surface area (Å²) in [6.07, 6.45) is -3.40. The van der Waals surface area contributed by atoms with Crippen molar-refractivity contribution in [1.29, 1.82) is 0 Å². The lowest BCUT2D eigenvalue weighted by molar-refractivity contribution is -0.137. The zero-order chi connectivity index (χ0) is 21.9. The first-order chi connectivity index (χ1) is 13.3. The minimum Gasteiger partial charge on any atom is -0.457 e. The van der Waals surface area contributed by atoms with Crippen LogP contribution in [0.1, 0.15) is 30.9 Å². The predicted octanol–water partition coefficient (Wildman–Crippen LogP) is 5.37. The Balaban J connectivity index is 1.99. The minimum atomic E-state index is -4.46. The number of aryl methyl sites for hydroxylation is 1. The van der Waals surface area contributed by atoms with Gasteiger partial charge in [-0.15, -0.1) is 0 Å². The van der Waals surface area contributed by atoms with Gasteiger partial charge in [0, 0.05) is 10.6 Å². The zero-order valence-corrected chi connectivity index (χ0v) is 17.3. The first-order valence-corrected chi connectivity index (χ1v) is 10.9. The monoisotopic (exact) mass is 451 g/mol. The van der Waals surface area contributed by atoms with E-state index in [1.165, 1.54) is 18.2 Å². The van der Waals surface area contributed by atoms with Gasteiger partial charge in [0.1, 0.15) is 11.5 Å². The topological polar surface area (TPSA) is 92.8 Å². The summed E-state index contributed by atoms with van der Waals surface area (Å²) in [7, 11) is -4.20. The van der Waals surface area contributed by atoms with Gasteiger partial charge < -0.3 is 20.3 Å². The molecule has 0 bridgehead atoms. The van der Waals surface area contributed by atoms with Crippen molar-refractivity contribution in [3.8, 4) is 11.5 Å². The summed E-state index contributed by atoms with van der Waals surface area (Å²) in [5, 5.41) is 0.378. The average molecular weight is 452 g/mol. The summed E-state index contributed by atoms with van der Waals surface area (Å²) in [5.41, 5.74) is 4.90. The van der Waals surface area contributed by atoms with Crippen LogP contribution >= 0.6 is 19.2 Å². The van der Waals surface area contributed by atoms with Gasteiger partial charge in [-0.2, -0.15) is 13.2 Å². The van der Waals surface area contributed by atoms with Crippen molar-refractivity contribution >= 4 is 19.2 Å². The van der Waals surface area contributed by atoms with Crippen molar-refractivity contribution in [2.75, 3.05) is 6.16 Å². The first-order valence-electron chi connectivity index (χ1n) is 8.72. The maximum Gasteiger partial charge on any atom is 0.416 e. The van der Waals surface area contributed by atoms with Crippen LogP contribution in [0.4, 0.5) is 13.2 Å². The molecule has 10 heteroatoms.